The number of H-pyrrole nitrogens is 1. The summed E-state index contributed by atoms with van der Waals surface area (Å²) in [7, 11) is -3.07. The van der Waals surface area contributed by atoms with Gasteiger partial charge in [0.15, 0.2) is 9.84 Å². The molecule has 0 aliphatic carbocycles. The first kappa shape index (κ1) is 18.1. The molecule has 1 unspecified atom stereocenters. The van der Waals surface area contributed by atoms with E-state index in [4.69, 9.17) is 4.42 Å². The number of thioether (sulfide) groups is 1. The van der Waals surface area contributed by atoms with Gasteiger partial charge in [0.25, 0.3) is 11.1 Å². The summed E-state index contributed by atoms with van der Waals surface area (Å²) in [6.45, 7) is 1.75. The van der Waals surface area contributed by atoms with Crippen molar-refractivity contribution in [2.45, 2.75) is 24.1 Å². The number of aromatic nitrogens is 3. The number of para-hydroxylation sites is 1. The van der Waals surface area contributed by atoms with Gasteiger partial charge in [-0.3, -0.25) is 4.79 Å². The summed E-state index contributed by atoms with van der Waals surface area (Å²) in [5.74, 6) is 0.275. The molecule has 2 aromatic heterocycles. The van der Waals surface area contributed by atoms with E-state index in [2.05, 4.69) is 20.5 Å². The molecule has 1 amide bonds. The van der Waals surface area contributed by atoms with Crippen molar-refractivity contribution >= 4 is 38.4 Å². The van der Waals surface area contributed by atoms with Crippen LogP contribution in [0.4, 0.5) is 0 Å². The number of rotatable bonds is 5. The van der Waals surface area contributed by atoms with Crippen molar-refractivity contribution in [1.29, 1.82) is 0 Å². The summed E-state index contributed by atoms with van der Waals surface area (Å²) in [5, 5.41) is 12.1. The van der Waals surface area contributed by atoms with Gasteiger partial charge in [0.2, 0.25) is 5.91 Å². The van der Waals surface area contributed by atoms with Gasteiger partial charge in [0.1, 0.15) is 0 Å². The fourth-order valence-electron chi connectivity index (χ4n) is 3.23. The number of amides is 1. The van der Waals surface area contributed by atoms with Crippen LogP contribution in [0, 0.1) is 0 Å². The summed E-state index contributed by atoms with van der Waals surface area (Å²) >= 11 is 1.12. The van der Waals surface area contributed by atoms with E-state index >= 15 is 0 Å². The van der Waals surface area contributed by atoms with Crippen molar-refractivity contribution in [1.82, 2.24) is 20.5 Å². The molecule has 1 aliphatic heterocycles. The second-order valence-corrected chi connectivity index (χ2v) is 9.97. The number of carbonyl (C=O) groups excluding carboxylic acids is 1. The van der Waals surface area contributed by atoms with Crippen LogP contribution in [-0.2, 0) is 14.6 Å². The Morgan fingerprint density at radius 1 is 1.37 bits per heavy atom. The van der Waals surface area contributed by atoms with Crippen LogP contribution in [0.2, 0.25) is 0 Å². The number of sulfone groups is 1. The normalized spacial score (nSPS) is 21.5. The molecule has 4 rings (SSSR count). The van der Waals surface area contributed by atoms with Crippen LogP contribution >= 0.6 is 11.8 Å². The molecule has 142 valence electrons. The Morgan fingerprint density at radius 3 is 2.96 bits per heavy atom. The van der Waals surface area contributed by atoms with Gasteiger partial charge in [-0.15, -0.1) is 10.2 Å². The Morgan fingerprint density at radius 2 is 2.19 bits per heavy atom. The Hall–Kier alpha value is -2.33. The van der Waals surface area contributed by atoms with Crippen molar-refractivity contribution < 1.29 is 17.6 Å². The number of fused-ring (bicyclic) bond motifs is 1. The maximum Gasteiger partial charge on any atom is 0.277 e. The molecule has 8 nitrogen and oxygen atoms in total. The van der Waals surface area contributed by atoms with Crippen molar-refractivity contribution in [3.05, 3.63) is 30.5 Å². The SMILES string of the molecule is CC1(NC(=O)CSc2nnc(-c3c[nH]c4ccccc34)o2)CCS(=O)(=O)C1. The van der Waals surface area contributed by atoms with Crippen LogP contribution in [0.3, 0.4) is 0 Å². The third-order valence-corrected chi connectivity index (χ3v) is 7.22. The summed E-state index contributed by atoms with van der Waals surface area (Å²) < 4.78 is 28.9. The Labute approximate surface area is 160 Å². The molecule has 1 aliphatic rings. The number of carbonyl (C=O) groups is 1. The average molecular weight is 406 g/mol. The first-order valence-corrected chi connectivity index (χ1v) is 11.2. The molecule has 0 bridgehead atoms. The molecule has 1 atom stereocenters. The lowest BCUT2D eigenvalue weighted by Gasteiger charge is -2.23. The van der Waals surface area contributed by atoms with Crippen LogP contribution in [0.15, 0.2) is 40.1 Å². The molecule has 3 heterocycles. The maximum absolute atomic E-state index is 12.2. The van der Waals surface area contributed by atoms with Crippen LogP contribution in [-0.4, -0.2) is 52.3 Å². The van der Waals surface area contributed by atoms with Crippen LogP contribution in [0.5, 0.6) is 0 Å². The van der Waals surface area contributed by atoms with Gasteiger partial charge in [-0.05, 0) is 19.4 Å². The van der Waals surface area contributed by atoms with E-state index in [0.29, 0.717) is 12.3 Å². The highest BCUT2D eigenvalue weighted by Crippen LogP contribution is 2.29. The molecule has 1 fully saturated rings. The lowest BCUT2D eigenvalue weighted by atomic mass is 10.0. The molecule has 10 heteroatoms. The zero-order chi connectivity index (χ0) is 19.1. The van der Waals surface area contributed by atoms with Crippen molar-refractivity contribution in [2.75, 3.05) is 17.3 Å². The summed E-state index contributed by atoms with van der Waals surface area (Å²) in [6.07, 6.45) is 2.23. The zero-order valence-corrected chi connectivity index (χ0v) is 16.2. The standard InChI is InChI=1S/C17H18N4O4S2/c1-17(6-7-27(23,24)10-17)19-14(22)9-26-16-21-20-15(25-16)12-8-18-13-5-3-2-4-11(12)13/h2-5,8,18H,6-7,9-10H2,1H3,(H,19,22). The van der Waals surface area contributed by atoms with E-state index in [9.17, 15) is 13.2 Å². The van der Waals surface area contributed by atoms with Crippen LogP contribution in [0.25, 0.3) is 22.4 Å². The fraction of sp³-hybridized carbons (Fsp3) is 0.353. The Bertz CT molecular complexity index is 1110. The molecule has 1 saturated heterocycles. The van der Waals surface area contributed by atoms with Gasteiger partial charge in [-0.25, -0.2) is 8.42 Å². The summed E-state index contributed by atoms with van der Waals surface area (Å²) in [5.41, 5.74) is 1.07. The lowest BCUT2D eigenvalue weighted by Crippen LogP contribution is -2.47. The smallest absolute Gasteiger partial charge is 0.277 e. The van der Waals surface area contributed by atoms with Gasteiger partial charge in [-0.2, -0.15) is 0 Å². The van der Waals surface area contributed by atoms with Crippen LogP contribution < -0.4 is 5.32 Å². The van der Waals surface area contributed by atoms with E-state index in [0.717, 1.165) is 28.2 Å². The summed E-state index contributed by atoms with van der Waals surface area (Å²) in [6, 6.07) is 7.78. The quantitative estimate of drug-likeness (QED) is 0.622. The predicted octanol–water partition coefficient (Wildman–Crippen LogP) is 2.00. The fourth-order valence-corrected chi connectivity index (χ4v) is 5.89. The number of nitrogens with zero attached hydrogens (tertiary/aromatic N) is 2. The summed E-state index contributed by atoms with van der Waals surface area (Å²) in [4.78, 5) is 15.3. The highest BCUT2D eigenvalue weighted by molar-refractivity contribution is 7.99. The molecule has 0 spiro atoms. The van der Waals surface area contributed by atoms with Crippen molar-refractivity contribution in [2.24, 2.45) is 0 Å². The van der Waals surface area contributed by atoms with E-state index in [1.165, 1.54) is 0 Å². The molecule has 3 aromatic rings. The zero-order valence-electron chi connectivity index (χ0n) is 14.6. The third-order valence-electron chi connectivity index (χ3n) is 4.50. The molecule has 2 N–H and O–H groups in total. The van der Waals surface area contributed by atoms with Gasteiger partial charge in [0, 0.05) is 17.1 Å². The second-order valence-electron chi connectivity index (χ2n) is 6.86. The van der Waals surface area contributed by atoms with Gasteiger partial charge in [0.05, 0.1) is 28.4 Å². The number of benzene rings is 1. The topological polar surface area (TPSA) is 118 Å². The van der Waals surface area contributed by atoms with Gasteiger partial charge < -0.3 is 14.7 Å². The van der Waals surface area contributed by atoms with E-state index < -0.39 is 15.4 Å². The minimum atomic E-state index is -3.07. The molecule has 0 saturated carbocycles. The Kier molecular flexibility index (Phi) is 4.47. The number of hydrogen-bond donors (Lipinski definition) is 2. The largest absolute Gasteiger partial charge is 0.411 e. The number of aromatic amines is 1. The minimum absolute atomic E-state index is 0.0261. The molecular formula is C17H18N4O4S2. The van der Waals surface area contributed by atoms with Crippen molar-refractivity contribution in [3.63, 3.8) is 0 Å². The first-order valence-electron chi connectivity index (χ1n) is 8.38. The Balaban J connectivity index is 1.39. The van der Waals surface area contributed by atoms with E-state index in [-0.39, 0.29) is 28.4 Å². The van der Waals surface area contributed by atoms with E-state index in [1.54, 1.807) is 13.1 Å². The highest BCUT2D eigenvalue weighted by Gasteiger charge is 2.39. The second kappa shape index (κ2) is 6.68. The first-order chi connectivity index (χ1) is 12.8. The highest BCUT2D eigenvalue weighted by atomic mass is 32.2. The van der Waals surface area contributed by atoms with Gasteiger partial charge in [-0.1, -0.05) is 30.0 Å². The average Bonchev–Trinajstić information content (AvgIpc) is 3.30. The molecule has 27 heavy (non-hydrogen) atoms. The molecular weight excluding hydrogens is 388 g/mol. The minimum Gasteiger partial charge on any atom is -0.411 e. The van der Waals surface area contributed by atoms with Gasteiger partial charge >= 0.3 is 0 Å². The number of nitrogens with one attached hydrogen (secondary N) is 2. The third kappa shape index (κ3) is 3.86. The lowest BCUT2D eigenvalue weighted by molar-refractivity contribution is -0.120. The maximum atomic E-state index is 12.2. The van der Waals surface area contributed by atoms with Crippen LogP contribution in [0.1, 0.15) is 13.3 Å². The van der Waals surface area contributed by atoms with E-state index in [1.807, 2.05) is 24.3 Å². The monoisotopic (exact) mass is 406 g/mol. The van der Waals surface area contributed by atoms with Crippen molar-refractivity contribution in [3.8, 4) is 11.5 Å². The molecule has 0 radical (unpaired) electrons. The predicted molar refractivity (Wildman–Crippen MR) is 102 cm³/mol. The molecule has 1 aromatic carbocycles. The number of hydrogen-bond acceptors (Lipinski definition) is 7.